The normalized spacial score (nSPS) is 11.6. The van der Waals surface area contributed by atoms with Crippen LogP contribution in [0.5, 0.6) is 5.75 Å². The first-order chi connectivity index (χ1) is 16.1. The molecule has 0 unspecified atom stereocenters. The Morgan fingerprint density at radius 1 is 1.06 bits per heavy atom. The second-order valence-corrected chi connectivity index (χ2v) is 8.41. The second-order valence-electron chi connectivity index (χ2n) is 8.00. The van der Waals surface area contributed by atoms with Crippen molar-refractivity contribution in [2.24, 2.45) is 0 Å². The SMILES string of the molecule is COc1cccc(CN(C(=O)C/C=C/c2cc(C)cc(C(F)(F)F)c2)c2ccc(C)c(Cl)c2)c1. The lowest BCUT2D eigenvalue weighted by Gasteiger charge is -2.23. The topological polar surface area (TPSA) is 29.5 Å². The van der Waals surface area contributed by atoms with Crippen LogP contribution in [0, 0.1) is 13.8 Å². The van der Waals surface area contributed by atoms with E-state index in [2.05, 4.69) is 0 Å². The zero-order valence-electron chi connectivity index (χ0n) is 19.1. The van der Waals surface area contributed by atoms with Gasteiger partial charge in [-0.25, -0.2) is 0 Å². The number of benzene rings is 3. The first-order valence-electron chi connectivity index (χ1n) is 10.6. The summed E-state index contributed by atoms with van der Waals surface area (Å²) in [4.78, 5) is 14.8. The minimum absolute atomic E-state index is 0.00472. The van der Waals surface area contributed by atoms with Gasteiger partial charge in [0.05, 0.1) is 19.2 Å². The van der Waals surface area contributed by atoms with Crippen molar-refractivity contribution in [2.75, 3.05) is 12.0 Å². The quantitative estimate of drug-likeness (QED) is 0.343. The lowest BCUT2D eigenvalue weighted by Crippen LogP contribution is -2.29. The molecule has 0 bridgehead atoms. The summed E-state index contributed by atoms with van der Waals surface area (Å²) in [5.41, 5.74) is 2.55. The molecule has 0 atom stereocenters. The van der Waals surface area contributed by atoms with Gasteiger partial charge in [0, 0.05) is 17.1 Å². The predicted octanol–water partition coefficient (Wildman–Crippen LogP) is 7.62. The Bertz CT molecular complexity index is 1200. The third-order valence-electron chi connectivity index (χ3n) is 5.27. The second kappa shape index (κ2) is 10.8. The number of carbonyl (C=O) groups is 1. The van der Waals surface area contributed by atoms with Gasteiger partial charge >= 0.3 is 6.18 Å². The van der Waals surface area contributed by atoms with E-state index in [4.69, 9.17) is 16.3 Å². The molecule has 0 aliphatic carbocycles. The summed E-state index contributed by atoms with van der Waals surface area (Å²) in [7, 11) is 1.57. The molecule has 3 rings (SSSR count). The molecule has 0 aliphatic heterocycles. The van der Waals surface area contributed by atoms with Gasteiger partial charge in [0.15, 0.2) is 0 Å². The van der Waals surface area contributed by atoms with E-state index in [1.165, 1.54) is 6.08 Å². The standard InChI is InChI=1S/C27H25ClF3NO2/c1-18-12-20(14-22(13-18)27(29,30)31)6-5-9-26(33)32(23-11-10-19(2)25(28)16-23)17-21-7-4-8-24(15-21)34-3/h4-8,10-16H,9,17H2,1-3H3/b6-5+. The van der Waals surface area contributed by atoms with Crippen LogP contribution < -0.4 is 9.64 Å². The molecular weight excluding hydrogens is 463 g/mol. The number of alkyl halides is 3. The fourth-order valence-electron chi connectivity index (χ4n) is 3.51. The van der Waals surface area contributed by atoms with Crippen LogP contribution in [-0.4, -0.2) is 13.0 Å². The highest BCUT2D eigenvalue weighted by atomic mass is 35.5. The van der Waals surface area contributed by atoms with Crippen LogP contribution in [0.4, 0.5) is 18.9 Å². The summed E-state index contributed by atoms with van der Waals surface area (Å²) >= 11 is 6.30. The molecule has 0 fully saturated rings. The molecule has 0 spiro atoms. The predicted molar refractivity (Wildman–Crippen MR) is 130 cm³/mol. The van der Waals surface area contributed by atoms with E-state index in [1.54, 1.807) is 37.1 Å². The van der Waals surface area contributed by atoms with Gasteiger partial charge in [-0.1, -0.05) is 48.0 Å². The van der Waals surface area contributed by atoms with Gasteiger partial charge in [0.1, 0.15) is 5.75 Å². The van der Waals surface area contributed by atoms with Crippen molar-refractivity contribution in [2.45, 2.75) is 33.0 Å². The Labute approximate surface area is 202 Å². The molecular formula is C27H25ClF3NO2. The minimum atomic E-state index is -4.43. The summed E-state index contributed by atoms with van der Waals surface area (Å²) in [5.74, 6) is 0.453. The number of carbonyl (C=O) groups excluding carboxylic acids is 1. The molecule has 0 saturated heterocycles. The monoisotopic (exact) mass is 487 g/mol. The zero-order chi connectivity index (χ0) is 24.9. The average Bonchev–Trinajstić information content (AvgIpc) is 2.78. The van der Waals surface area contributed by atoms with Gasteiger partial charge in [-0.3, -0.25) is 4.79 Å². The largest absolute Gasteiger partial charge is 0.497 e. The van der Waals surface area contributed by atoms with Crippen LogP contribution in [0.25, 0.3) is 6.08 Å². The molecule has 3 nitrogen and oxygen atoms in total. The van der Waals surface area contributed by atoms with E-state index < -0.39 is 11.7 Å². The molecule has 0 heterocycles. The van der Waals surface area contributed by atoms with Crippen LogP contribution in [0.3, 0.4) is 0 Å². The Balaban J connectivity index is 1.85. The number of nitrogens with zero attached hydrogens (tertiary/aromatic N) is 1. The molecule has 1 amide bonds. The van der Waals surface area contributed by atoms with Crippen LogP contribution in [0.1, 0.15) is 34.2 Å². The van der Waals surface area contributed by atoms with Crippen LogP contribution in [0.2, 0.25) is 5.02 Å². The third-order valence-corrected chi connectivity index (χ3v) is 5.68. The van der Waals surface area contributed by atoms with Gasteiger partial charge in [-0.05, 0) is 72.5 Å². The van der Waals surface area contributed by atoms with E-state index in [0.717, 1.165) is 23.3 Å². The number of amides is 1. The minimum Gasteiger partial charge on any atom is -0.497 e. The van der Waals surface area contributed by atoms with Crippen molar-refractivity contribution in [1.82, 2.24) is 0 Å². The van der Waals surface area contributed by atoms with Crippen molar-refractivity contribution < 1.29 is 22.7 Å². The molecule has 0 aliphatic rings. The molecule has 34 heavy (non-hydrogen) atoms. The number of anilines is 1. The van der Waals surface area contributed by atoms with E-state index in [1.807, 2.05) is 43.3 Å². The first kappa shape index (κ1) is 25.4. The summed E-state index contributed by atoms with van der Waals surface area (Å²) in [6.07, 6.45) is -1.31. The number of methoxy groups -OCH3 is 1. The maximum atomic E-state index is 13.2. The summed E-state index contributed by atoms with van der Waals surface area (Å²) in [6, 6.07) is 16.6. The Morgan fingerprint density at radius 3 is 2.50 bits per heavy atom. The fraction of sp³-hybridized carbons (Fsp3) is 0.222. The molecule has 0 radical (unpaired) electrons. The van der Waals surface area contributed by atoms with E-state index in [0.29, 0.717) is 27.6 Å². The van der Waals surface area contributed by atoms with Crippen molar-refractivity contribution >= 4 is 29.3 Å². The zero-order valence-corrected chi connectivity index (χ0v) is 19.9. The van der Waals surface area contributed by atoms with Crippen molar-refractivity contribution in [3.05, 3.63) is 99.6 Å². The smallest absolute Gasteiger partial charge is 0.416 e. The van der Waals surface area contributed by atoms with Crippen LogP contribution in [-0.2, 0) is 17.5 Å². The molecule has 0 N–H and O–H groups in total. The molecule has 3 aromatic rings. The highest BCUT2D eigenvalue weighted by Crippen LogP contribution is 2.31. The lowest BCUT2D eigenvalue weighted by atomic mass is 10.1. The van der Waals surface area contributed by atoms with Gasteiger partial charge in [-0.15, -0.1) is 0 Å². The van der Waals surface area contributed by atoms with Gasteiger partial charge in [0.2, 0.25) is 5.91 Å². The van der Waals surface area contributed by atoms with E-state index in [9.17, 15) is 18.0 Å². The third kappa shape index (κ3) is 6.64. The Kier molecular flexibility index (Phi) is 8.05. The van der Waals surface area contributed by atoms with E-state index >= 15 is 0 Å². The Hall–Kier alpha value is -3.25. The maximum absolute atomic E-state index is 13.2. The maximum Gasteiger partial charge on any atom is 0.416 e. The highest BCUT2D eigenvalue weighted by Gasteiger charge is 2.30. The molecule has 7 heteroatoms. The van der Waals surface area contributed by atoms with Crippen molar-refractivity contribution in [3.63, 3.8) is 0 Å². The first-order valence-corrected chi connectivity index (χ1v) is 11.0. The van der Waals surface area contributed by atoms with Crippen molar-refractivity contribution in [1.29, 1.82) is 0 Å². The van der Waals surface area contributed by atoms with E-state index in [-0.39, 0.29) is 18.9 Å². The number of hydrogen-bond donors (Lipinski definition) is 0. The molecule has 0 aromatic heterocycles. The number of ether oxygens (including phenoxy) is 1. The summed E-state index contributed by atoms with van der Waals surface area (Å²) in [5, 5.41) is 0.538. The van der Waals surface area contributed by atoms with Gasteiger partial charge < -0.3 is 9.64 Å². The number of halogens is 4. The summed E-state index contributed by atoms with van der Waals surface area (Å²) < 4.78 is 44.6. The Morgan fingerprint density at radius 2 is 1.82 bits per heavy atom. The van der Waals surface area contributed by atoms with Crippen molar-refractivity contribution in [3.8, 4) is 5.75 Å². The van der Waals surface area contributed by atoms with Crippen LogP contribution in [0.15, 0.2) is 66.7 Å². The number of rotatable bonds is 7. The molecule has 178 valence electrons. The van der Waals surface area contributed by atoms with Gasteiger partial charge in [0.25, 0.3) is 0 Å². The van der Waals surface area contributed by atoms with Crippen LogP contribution >= 0.6 is 11.6 Å². The molecule has 0 saturated carbocycles. The number of hydrogen-bond acceptors (Lipinski definition) is 2. The summed E-state index contributed by atoms with van der Waals surface area (Å²) in [6.45, 7) is 3.76. The lowest BCUT2D eigenvalue weighted by molar-refractivity contribution is -0.137. The fourth-order valence-corrected chi connectivity index (χ4v) is 3.68. The average molecular weight is 488 g/mol. The highest BCUT2D eigenvalue weighted by molar-refractivity contribution is 6.31. The number of aryl methyl sites for hydroxylation is 2. The van der Waals surface area contributed by atoms with Gasteiger partial charge in [-0.2, -0.15) is 13.2 Å². The molecule has 3 aromatic carbocycles.